The lowest BCUT2D eigenvalue weighted by Gasteiger charge is -2.32. The average molecular weight is 280 g/mol. The van der Waals surface area contributed by atoms with Crippen LogP contribution >= 0.6 is 0 Å². The van der Waals surface area contributed by atoms with Crippen molar-refractivity contribution in [1.29, 1.82) is 0 Å². The summed E-state index contributed by atoms with van der Waals surface area (Å²) in [6, 6.07) is 0.370. The Hall–Kier alpha value is -1.36. The minimum Gasteiger partial charge on any atom is -0.480 e. The molecule has 1 saturated heterocycles. The number of amides is 1. The first-order valence-electron chi connectivity index (χ1n) is 7.39. The first kappa shape index (κ1) is 15.0. The predicted octanol–water partition coefficient (Wildman–Crippen LogP) is 1.35. The molecule has 5 nitrogen and oxygen atoms in total. The Morgan fingerprint density at radius 2 is 2.05 bits per heavy atom. The number of carbonyl (C=O) groups excluding carboxylic acids is 1. The Morgan fingerprint density at radius 1 is 1.40 bits per heavy atom. The molecule has 1 amide bonds. The number of hydrogen-bond acceptors (Lipinski definition) is 3. The van der Waals surface area contributed by atoms with E-state index in [-0.39, 0.29) is 5.91 Å². The van der Waals surface area contributed by atoms with E-state index in [0.29, 0.717) is 25.4 Å². The number of carbonyl (C=O) groups is 2. The molecule has 1 atom stereocenters. The van der Waals surface area contributed by atoms with Gasteiger partial charge in [0, 0.05) is 19.6 Å². The Morgan fingerprint density at radius 3 is 2.60 bits per heavy atom. The van der Waals surface area contributed by atoms with Crippen molar-refractivity contribution in [1.82, 2.24) is 9.80 Å². The largest absolute Gasteiger partial charge is 0.480 e. The first-order valence-corrected chi connectivity index (χ1v) is 7.39. The molecule has 1 unspecified atom stereocenters. The van der Waals surface area contributed by atoms with Gasteiger partial charge >= 0.3 is 5.97 Å². The fraction of sp³-hybridized carbons (Fsp3) is 0.733. The van der Waals surface area contributed by atoms with E-state index in [1.165, 1.54) is 0 Å². The van der Waals surface area contributed by atoms with Crippen LogP contribution in [0.5, 0.6) is 0 Å². The van der Waals surface area contributed by atoms with Gasteiger partial charge in [0.25, 0.3) is 0 Å². The summed E-state index contributed by atoms with van der Waals surface area (Å²) in [4.78, 5) is 28.1. The lowest BCUT2D eigenvalue weighted by atomic mass is 9.84. The van der Waals surface area contributed by atoms with E-state index in [1.807, 2.05) is 0 Å². The summed E-state index contributed by atoms with van der Waals surface area (Å²) in [5, 5.41) is 9.44. The smallest absolute Gasteiger partial charge is 0.319 e. The van der Waals surface area contributed by atoms with Crippen LogP contribution in [0.1, 0.15) is 32.6 Å². The number of likely N-dealkylation sites (tertiary alicyclic amines) is 1. The highest BCUT2D eigenvalue weighted by Crippen LogP contribution is 2.35. The van der Waals surface area contributed by atoms with Gasteiger partial charge in [-0.3, -0.25) is 14.5 Å². The van der Waals surface area contributed by atoms with Crippen LogP contribution in [0.2, 0.25) is 0 Å². The molecule has 1 aliphatic carbocycles. The zero-order valence-corrected chi connectivity index (χ0v) is 12.3. The number of carboxylic acid groups (broad SMARTS) is 1. The summed E-state index contributed by atoms with van der Waals surface area (Å²) in [5.41, 5.74) is -1.26. The van der Waals surface area contributed by atoms with Crippen LogP contribution < -0.4 is 0 Å². The molecule has 0 aromatic carbocycles. The molecule has 5 heteroatoms. The van der Waals surface area contributed by atoms with Crippen molar-refractivity contribution < 1.29 is 14.7 Å². The zero-order valence-electron chi connectivity index (χ0n) is 12.3. The Bertz CT molecular complexity index is 411. The van der Waals surface area contributed by atoms with E-state index in [4.69, 9.17) is 0 Å². The van der Waals surface area contributed by atoms with Crippen LogP contribution in [0.4, 0.5) is 0 Å². The maximum Gasteiger partial charge on any atom is 0.319 e. The summed E-state index contributed by atoms with van der Waals surface area (Å²) in [7, 11) is 1.73. The summed E-state index contributed by atoms with van der Waals surface area (Å²) in [6.45, 7) is 4.81. The van der Waals surface area contributed by atoms with Crippen LogP contribution in [-0.2, 0) is 9.59 Å². The fourth-order valence-electron chi connectivity index (χ4n) is 3.38. The molecule has 2 aliphatic rings. The first-order chi connectivity index (χ1) is 9.51. The van der Waals surface area contributed by atoms with Crippen LogP contribution in [-0.4, -0.2) is 59.5 Å². The molecule has 1 N–H and O–H groups in total. The van der Waals surface area contributed by atoms with Gasteiger partial charge < -0.3 is 10.0 Å². The number of carboxylic acids is 1. The Balaban J connectivity index is 2.03. The number of allylic oxidation sites excluding steroid dienone is 2. The number of aliphatic carboxylic acids is 1. The van der Waals surface area contributed by atoms with Gasteiger partial charge in [-0.05, 0) is 38.8 Å². The fourth-order valence-corrected chi connectivity index (χ4v) is 3.38. The van der Waals surface area contributed by atoms with E-state index in [9.17, 15) is 14.7 Å². The lowest BCUT2D eigenvalue weighted by Crippen LogP contribution is -2.49. The highest BCUT2D eigenvalue weighted by molar-refractivity contribution is 6.02. The van der Waals surface area contributed by atoms with E-state index in [0.717, 1.165) is 25.9 Å². The van der Waals surface area contributed by atoms with Gasteiger partial charge in [-0.1, -0.05) is 19.1 Å². The van der Waals surface area contributed by atoms with Crippen molar-refractivity contribution in [2.45, 2.75) is 38.6 Å². The van der Waals surface area contributed by atoms with Crippen LogP contribution in [0.3, 0.4) is 0 Å². The second-order valence-electron chi connectivity index (χ2n) is 5.88. The van der Waals surface area contributed by atoms with Gasteiger partial charge in [0.1, 0.15) is 0 Å². The molecule has 1 heterocycles. The summed E-state index contributed by atoms with van der Waals surface area (Å²) in [5.74, 6) is -1.25. The topological polar surface area (TPSA) is 60.9 Å². The zero-order chi connectivity index (χ0) is 14.8. The van der Waals surface area contributed by atoms with Crippen molar-refractivity contribution in [2.24, 2.45) is 5.41 Å². The standard InChI is InChI=1S/C15H24N2O3/c1-3-17-10-6-7-12(17)11-16(2)13(18)15(14(19)20)8-4-5-9-15/h4-5,12H,3,6-11H2,1-2H3,(H,19,20). The highest BCUT2D eigenvalue weighted by Gasteiger charge is 2.48. The third-order valence-electron chi connectivity index (χ3n) is 4.65. The summed E-state index contributed by atoms with van der Waals surface area (Å²) in [6.07, 6.45) is 6.47. The molecular weight excluding hydrogens is 256 g/mol. The van der Waals surface area contributed by atoms with E-state index in [1.54, 1.807) is 24.1 Å². The second kappa shape index (κ2) is 5.95. The van der Waals surface area contributed by atoms with Crippen molar-refractivity contribution in [3.63, 3.8) is 0 Å². The van der Waals surface area contributed by atoms with Crippen molar-refractivity contribution in [2.75, 3.05) is 26.7 Å². The molecule has 0 saturated carbocycles. The summed E-state index contributed by atoms with van der Waals surface area (Å²) < 4.78 is 0. The normalized spacial score (nSPS) is 25.0. The minimum atomic E-state index is -1.26. The van der Waals surface area contributed by atoms with Gasteiger partial charge in [-0.2, -0.15) is 0 Å². The van der Waals surface area contributed by atoms with Crippen LogP contribution in [0.15, 0.2) is 12.2 Å². The quantitative estimate of drug-likeness (QED) is 0.610. The molecule has 1 aliphatic heterocycles. The lowest BCUT2D eigenvalue weighted by molar-refractivity contribution is -0.159. The van der Waals surface area contributed by atoms with Crippen LogP contribution in [0, 0.1) is 5.41 Å². The van der Waals surface area contributed by atoms with Crippen molar-refractivity contribution in [3.8, 4) is 0 Å². The molecule has 0 radical (unpaired) electrons. The van der Waals surface area contributed by atoms with Crippen LogP contribution in [0.25, 0.3) is 0 Å². The molecule has 112 valence electrons. The van der Waals surface area contributed by atoms with Gasteiger partial charge in [0.2, 0.25) is 5.91 Å². The van der Waals surface area contributed by atoms with Gasteiger partial charge in [-0.25, -0.2) is 0 Å². The number of likely N-dealkylation sites (N-methyl/N-ethyl adjacent to an activating group) is 2. The van der Waals surface area contributed by atoms with E-state index < -0.39 is 11.4 Å². The maximum atomic E-state index is 12.6. The van der Waals surface area contributed by atoms with Gasteiger partial charge in [0.15, 0.2) is 5.41 Å². The second-order valence-corrected chi connectivity index (χ2v) is 5.88. The third kappa shape index (κ3) is 2.59. The number of rotatable bonds is 5. The Labute approximate surface area is 120 Å². The number of nitrogens with zero attached hydrogens (tertiary/aromatic N) is 2. The molecule has 0 aromatic rings. The van der Waals surface area contributed by atoms with Gasteiger partial charge in [-0.15, -0.1) is 0 Å². The minimum absolute atomic E-state index is 0.252. The molecule has 20 heavy (non-hydrogen) atoms. The molecule has 0 aromatic heterocycles. The maximum absolute atomic E-state index is 12.6. The van der Waals surface area contributed by atoms with E-state index in [2.05, 4.69) is 11.8 Å². The van der Waals surface area contributed by atoms with Crippen molar-refractivity contribution >= 4 is 11.9 Å². The van der Waals surface area contributed by atoms with Crippen molar-refractivity contribution in [3.05, 3.63) is 12.2 Å². The molecular formula is C15H24N2O3. The molecule has 2 rings (SSSR count). The molecule has 0 bridgehead atoms. The SMILES string of the molecule is CCN1CCCC1CN(C)C(=O)C1(C(=O)O)CC=CC1. The Kier molecular flexibility index (Phi) is 4.48. The third-order valence-corrected chi connectivity index (χ3v) is 4.65. The van der Waals surface area contributed by atoms with E-state index >= 15 is 0 Å². The van der Waals surface area contributed by atoms with Gasteiger partial charge in [0.05, 0.1) is 0 Å². The summed E-state index contributed by atoms with van der Waals surface area (Å²) >= 11 is 0. The average Bonchev–Trinajstić information content (AvgIpc) is 3.06. The highest BCUT2D eigenvalue weighted by atomic mass is 16.4. The monoisotopic (exact) mass is 280 g/mol. The molecule has 1 fully saturated rings. The molecule has 0 spiro atoms. The predicted molar refractivity (Wildman–Crippen MR) is 76.3 cm³/mol. The number of hydrogen-bond donors (Lipinski definition) is 1.